The summed E-state index contributed by atoms with van der Waals surface area (Å²) in [5, 5.41) is 0. The normalized spacial score (nSPS) is 9.73. The fourth-order valence-electron chi connectivity index (χ4n) is 0.820. The highest BCUT2D eigenvalue weighted by atomic mass is 19.1. The van der Waals surface area contributed by atoms with E-state index >= 15 is 0 Å². The lowest BCUT2D eigenvalue weighted by molar-refractivity contribution is 0.101. The molecule has 0 saturated heterocycles. The third-order valence-corrected chi connectivity index (χ3v) is 1.44. The molecule has 11 heavy (non-hydrogen) atoms. The van der Waals surface area contributed by atoms with Gasteiger partial charge in [0.05, 0.1) is 11.3 Å². The maximum absolute atomic E-state index is 13.0. The van der Waals surface area contributed by atoms with Crippen LogP contribution in [0.15, 0.2) is 12.3 Å². The minimum Gasteiger partial charge on any atom is -0.294 e. The summed E-state index contributed by atoms with van der Waals surface area (Å²) in [5.41, 5.74) is 0.371. The lowest BCUT2D eigenvalue weighted by Crippen LogP contribution is -2.00. The Balaban J connectivity index is 3.27. The van der Waals surface area contributed by atoms with Crippen molar-refractivity contribution in [2.45, 2.75) is 13.8 Å². The van der Waals surface area contributed by atoms with E-state index < -0.39 is 5.82 Å². The van der Waals surface area contributed by atoms with E-state index in [-0.39, 0.29) is 17.0 Å². The van der Waals surface area contributed by atoms with Crippen molar-refractivity contribution in [3.8, 4) is 0 Å². The number of nitrogens with zero attached hydrogens (tertiary/aromatic N) is 1. The molecule has 0 atom stereocenters. The molecule has 0 saturated carbocycles. The number of Topliss-reactive ketones (excluding diaryl/α,β-unsaturated/α-hetero) is 1. The van der Waals surface area contributed by atoms with Crippen LogP contribution in [0.2, 0.25) is 0 Å². The van der Waals surface area contributed by atoms with Crippen molar-refractivity contribution in [1.82, 2.24) is 4.98 Å². The number of pyridine rings is 1. The largest absolute Gasteiger partial charge is 0.294 e. The van der Waals surface area contributed by atoms with Crippen LogP contribution in [-0.4, -0.2) is 10.8 Å². The number of carbonyl (C=O) groups is 1. The molecular formula is C8H8FNO. The molecule has 0 unspecified atom stereocenters. The molecule has 0 radical (unpaired) electrons. The Hall–Kier alpha value is -1.25. The van der Waals surface area contributed by atoms with Gasteiger partial charge in [0, 0.05) is 6.20 Å². The van der Waals surface area contributed by atoms with E-state index in [2.05, 4.69) is 4.98 Å². The van der Waals surface area contributed by atoms with Crippen LogP contribution in [0.4, 0.5) is 4.39 Å². The van der Waals surface area contributed by atoms with Crippen LogP contribution in [-0.2, 0) is 0 Å². The molecule has 0 spiro atoms. The minimum absolute atomic E-state index is 0.109. The summed E-state index contributed by atoms with van der Waals surface area (Å²) in [6.45, 7) is 2.86. The molecule has 0 aliphatic rings. The summed E-state index contributed by atoms with van der Waals surface area (Å²) >= 11 is 0. The van der Waals surface area contributed by atoms with Crippen molar-refractivity contribution < 1.29 is 9.18 Å². The van der Waals surface area contributed by atoms with E-state index in [1.165, 1.54) is 26.1 Å². The van der Waals surface area contributed by atoms with Crippen LogP contribution in [0, 0.1) is 12.7 Å². The molecule has 1 heterocycles. The number of carbonyl (C=O) groups excluding carboxylic acids is 1. The summed E-state index contributed by atoms with van der Waals surface area (Å²) < 4.78 is 13.0. The van der Waals surface area contributed by atoms with E-state index in [0.29, 0.717) is 0 Å². The highest BCUT2D eigenvalue weighted by Crippen LogP contribution is 2.09. The smallest absolute Gasteiger partial charge is 0.162 e. The lowest BCUT2D eigenvalue weighted by Gasteiger charge is -1.98. The number of hydrogen-bond acceptors (Lipinski definition) is 2. The van der Waals surface area contributed by atoms with Gasteiger partial charge in [-0.3, -0.25) is 9.78 Å². The van der Waals surface area contributed by atoms with E-state index in [1.807, 2.05) is 0 Å². The number of aromatic nitrogens is 1. The Bertz CT molecular complexity index is 296. The second-order valence-corrected chi connectivity index (χ2v) is 2.31. The molecule has 0 fully saturated rings. The average Bonchev–Trinajstić information content (AvgIpc) is 1.94. The second-order valence-electron chi connectivity index (χ2n) is 2.31. The van der Waals surface area contributed by atoms with Gasteiger partial charge in [0.1, 0.15) is 0 Å². The maximum atomic E-state index is 13.0. The van der Waals surface area contributed by atoms with Gasteiger partial charge >= 0.3 is 0 Å². The van der Waals surface area contributed by atoms with E-state index in [1.54, 1.807) is 0 Å². The predicted octanol–water partition coefficient (Wildman–Crippen LogP) is 1.73. The average molecular weight is 153 g/mol. The lowest BCUT2D eigenvalue weighted by atomic mass is 10.1. The summed E-state index contributed by atoms with van der Waals surface area (Å²) in [5.74, 6) is -0.784. The molecule has 0 aliphatic heterocycles. The number of aryl methyl sites for hydroxylation is 1. The first-order valence-electron chi connectivity index (χ1n) is 3.25. The van der Waals surface area contributed by atoms with Crippen LogP contribution in [0.1, 0.15) is 23.0 Å². The third-order valence-electron chi connectivity index (χ3n) is 1.44. The van der Waals surface area contributed by atoms with Gasteiger partial charge in [0.25, 0.3) is 0 Å². The summed E-state index contributed by atoms with van der Waals surface area (Å²) in [6, 6.07) is 1.38. The maximum Gasteiger partial charge on any atom is 0.162 e. The van der Waals surface area contributed by atoms with Crippen molar-refractivity contribution in [3.63, 3.8) is 0 Å². The van der Waals surface area contributed by atoms with Crippen LogP contribution in [0.5, 0.6) is 0 Å². The van der Waals surface area contributed by atoms with Crippen LogP contribution >= 0.6 is 0 Å². The van der Waals surface area contributed by atoms with Crippen molar-refractivity contribution in [1.29, 1.82) is 0 Å². The molecule has 0 amide bonds. The highest BCUT2D eigenvalue weighted by molar-refractivity contribution is 5.94. The van der Waals surface area contributed by atoms with Crippen molar-refractivity contribution >= 4 is 5.78 Å². The fourth-order valence-corrected chi connectivity index (χ4v) is 0.820. The van der Waals surface area contributed by atoms with Crippen LogP contribution in [0.25, 0.3) is 0 Å². The van der Waals surface area contributed by atoms with Crippen molar-refractivity contribution in [2.75, 3.05) is 0 Å². The topological polar surface area (TPSA) is 30.0 Å². The first-order valence-corrected chi connectivity index (χ1v) is 3.25. The molecule has 58 valence electrons. The number of halogens is 1. The Labute approximate surface area is 64.1 Å². The first kappa shape index (κ1) is 7.85. The molecule has 2 nitrogen and oxygen atoms in total. The minimum atomic E-state index is -0.514. The SMILES string of the molecule is CC(=O)c1ccnc(C)c1F. The van der Waals surface area contributed by atoms with E-state index in [9.17, 15) is 9.18 Å². The standard InChI is InChI=1S/C8H8FNO/c1-5-8(9)7(6(2)11)3-4-10-5/h3-4H,1-2H3. The van der Waals surface area contributed by atoms with Gasteiger partial charge in [-0.25, -0.2) is 4.39 Å². The molecule has 1 aromatic heterocycles. The first-order chi connectivity index (χ1) is 5.13. The third kappa shape index (κ3) is 1.42. The summed E-state index contributed by atoms with van der Waals surface area (Å²) in [4.78, 5) is 14.4. The Kier molecular flexibility index (Phi) is 1.98. The Morgan fingerprint density at radius 2 is 2.27 bits per heavy atom. The van der Waals surface area contributed by atoms with Crippen molar-refractivity contribution in [3.05, 3.63) is 29.3 Å². The molecule has 0 bridgehead atoms. The molecular weight excluding hydrogens is 145 g/mol. The summed E-state index contributed by atoms with van der Waals surface area (Å²) in [6.07, 6.45) is 1.43. The monoisotopic (exact) mass is 153 g/mol. The predicted molar refractivity (Wildman–Crippen MR) is 38.9 cm³/mol. The van der Waals surface area contributed by atoms with Gasteiger partial charge in [0.2, 0.25) is 0 Å². The van der Waals surface area contributed by atoms with E-state index in [4.69, 9.17) is 0 Å². The van der Waals surface area contributed by atoms with Gasteiger partial charge < -0.3 is 0 Å². The van der Waals surface area contributed by atoms with Gasteiger partial charge in [-0.2, -0.15) is 0 Å². The zero-order valence-electron chi connectivity index (χ0n) is 6.39. The molecule has 0 N–H and O–H groups in total. The Morgan fingerprint density at radius 3 is 2.73 bits per heavy atom. The quantitative estimate of drug-likeness (QED) is 0.575. The second kappa shape index (κ2) is 2.78. The molecule has 3 heteroatoms. The fraction of sp³-hybridized carbons (Fsp3) is 0.250. The number of ketones is 1. The van der Waals surface area contributed by atoms with Gasteiger partial charge in [-0.15, -0.1) is 0 Å². The summed E-state index contributed by atoms with van der Waals surface area (Å²) in [7, 11) is 0. The highest BCUT2D eigenvalue weighted by Gasteiger charge is 2.08. The van der Waals surface area contributed by atoms with Gasteiger partial charge in [-0.05, 0) is 19.9 Å². The zero-order chi connectivity index (χ0) is 8.43. The van der Waals surface area contributed by atoms with Gasteiger partial charge in [0.15, 0.2) is 11.6 Å². The number of hydrogen-bond donors (Lipinski definition) is 0. The Morgan fingerprint density at radius 1 is 1.64 bits per heavy atom. The molecule has 1 aromatic rings. The van der Waals surface area contributed by atoms with Gasteiger partial charge in [-0.1, -0.05) is 0 Å². The van der Waals surface area contributed by atoms with Crippen molar-refractivity contribution in [2.24, 2.45) is 0 Å². The molecule has 0 aliphatic carbocycles. The molecule has 1 rings (SSSR count). The number of rotatable bonds is 1. The van der Waals surface area contributed by atoms with Crippen LogP contribution in [0.3, 0.4) is 0 Å². The van der Waals surface area contributed by atoms with E-state index in [0.717, 1.165) is 0 Å². The molecule has 0 aromatic carbocycles. The van der Waals surface area contributed by atoms with Crippen LogP contribution < -0.4 is 0 Å². The zero-order valence-corrected chi connectivity index (χ0v) is 6.39.